The number of aromatic nitrogens is 3. The van der Waals surface area contributed by atoms with Crippen LogP contribution in [0.2, 0.25) is 0 Å². The summed E-state index contributed by atoms with van der Waals surface area (Å²) in [7, 11) is 0. The maximum absolute atomic E-state index is 13.4. The van der Waals surface area contributed by atoms with Gasteiger partial charge in [0.25, 0.3) is 5.91 Å². The number of nitrogens with zero attached hydrogens (tertiary/aromatic N) is 2. The fraction of sp³-hybridized carbons (Fsp3) is 0. The van der Waals surface area contributed by atoms with Gasteiger partial charge >= 0.3 is 0 Å². The van der Waals surface area contributed by atoms with E-state index in [9.17, 15) is 9.18 Å². The Kier molecular flexibility index (Phi) is 4.57. The van der Waals surface area contributed by atoms with E-state index < -0.39 is 0 Å². The first kappa shape index (κ1) is 18.2. The highest BCUT2D eigenvalue weighted by Crippen LogP contribution is 2.27. The molecule has 0 aliphatic heterocycles. The Balaban J connectivity index is 1.32. The van der Waals surface area contributed by atoms with Crippen molar-refractivity contribution in [3.63, 3.8) is 0 Å². The van der Waals surface area contributed by atoms with Gasteiger partial charge in [-0.1, -0.05) is 6.07 Å². The Morgan fingerprint density at radius 2 is 1.87 bits per heavy atom. The number of pyridine rings is 1. The van der Waals surface area contributed by atoms with E-state index in [1.807, 2.05) is 48.5 Å². The molecule has 0 saturated heterocycles. The smallest absolute Gasteiger partial charge is 0.265 e. The second kappa shape index (κ2) is 7.53. The molecule has 146 valence electrons. The van der Waals surface area contributed by atoms with Gasteiger partial charge in [0.2, 0.25) is 0 Å². The molecule has 5 nitrogen and oxygen atoms in total. The molecule has 0 unspecified atom stereocenters. The quantitative estimate of drug-likeness (QED) is 0.394. The van der Waals surface area contributed by atoms with Crippen molar-refractivity contribution in [1.82, 2.24) is 15.0 Å². The van der Waals surface area contributed by atoms with E-state index in [1.165, 1.54) is 23.5 Å². The van der Waals surface area contributed by atoms with Gasteiger partial charge in [-0.25, -0.2) is 9.37 Å². The molecular weight excluding hydrogens is 399 g/mol. The zero-order valence-electron chi connectivity index (χ0n) is 15.6. The van der Waals surface area contributed by atoms with E-state index in [0.29, 0.717) is 27.4 Å². The van der Waals surface area contributed by atoms with Crippen LogP contribution in [0, 0.1) is 5.82 Å². The monoisotopic (exact) mass is 414 g/mol. The van der Waals surface area contributed by atoms with Gasteiger partial charge in [0.1, 0.15) is 11.6 Å². The van der Waals surface area contributed by atoms with E-state index in [2.05, 4.69) is 20.3 Å². The fourth-order valence-corrected chi connectivity index (χ4v) is 4.01. The van der Waals surface area contributed by atoms with Crippen molar-refractivity contribution < 1.29 is 9.18 Å². The minimum Gasteiger partial charge on any atom is -0.338 e. The van der Waals surface area contributed by atoms with Crippen LogP contribution in [0.5, 0.6) is 0 Å². The number of nitrogens with one attached hydrogen (secondary N) is 2. The normalized spacial score (nSPS) is 11.0. The van der Waals surface area contributed by atoms with Crippen LogP contribution in [0.3, 0.4) is 0 Å². The molecule has 5 aromatic rings. The summed E-state index contributed by atoms with van der Waals surface area (Å²) >= 11 is 1.40. The molecule has 0 bridgehead atoms. The van der Waals surface area contributed by atoms with Gasteiger partial charge in [0.05, 0.1) is 26.5 Å². The van der Waals surface area contributed by atoms with E-state index in [-0.39, 0.29) is 11.7 Å². The predicted octanol–water partition coefficient (Wildman–Crippen LogP) is 5.74. The second-order valence-electron chi connectivity index (χ2n) is 6.66. The summed E-state index contributed by atoms with van der Waals surface area (Å²) in [5.74, 6) is 0.163. The number of aromatic amines is 1. The number of thiophene rings is 1. The van der Waals surface area contributed by atoms with Crippen LogP contribution < -0.4 is 5.32 Å². The zero-order chi connectivity index (χ0) is 20.5. The summed E-state index contributed by atoms with van der Waals surface area (Å²) in [6.07, 6.45) is 1.73. The minimum absolute atomic E-state index is 0.172. The lowest BCUT2D eigenvalue weighted by atomic mass is 10.2. The minimum atomic E-state index is -0.310. The summed E-state index contributed by atoms with van der Waals surface area (Å²) in [4.78, 5) is 26.0. The number of halogens is 1. The lowest BCUT2D eigenvalue weighted by Gasteiger charge is -2.04. The molecule has 3 heterocycles. The van der Waals surface area contributed by atoms with Gasteiger partial charge in [-0.3, -0.25) is 9.78 Å². The highest BCUT2D eigenvalue weighted by molar-refractivity contribution is 7.17. The first-order valence-corrected chi connectivity index (χ1v) is 10.1. The van der Waals surface area contributed by atoms with E-state index >= 15 is 0 Å². The van der Waals surface area contributed by atoms with Gasteiger partial charge in [-0.05, 0) is 66.7 Å². The molecule has 0 fully saturated rings. The standard InChI is InChI=1S/C23H15FN4OS/c24-15-6-9-17-19(13-15)28-22(27-17)14-4-7-16(8-5-14)26-23(29)21-11-10-20(30-21)18-3-1-2-12-25-18/h1-13H,(H,26,29)(H,27,28). The summed E-state index contributed by atoms with van der Waals surface area (Å²) < 4.78 is 13.4. The molecule has 7 heteroatoms. The van der Waals surface area contributed by atoms with Gasteiger partial charge in [0.15, 0.2) is 0 Å². The molecule has 30 heavy (non-hydrogen) atoms. The van der Waals surface area contributed by atoms with Crippen molar-refractivity contribution in [3.05, 3.63) is 89.7 Å². The predicted molar refractivity (Wildman–Crippen MR) is 117 cm³/mol. The van der Waals surface area contributed by atoms with Crippen molar-refractivity contribution in [2.24, 2.45) is 0 Å². The highest BCUT2D eigenvalue weighted by atomic mass is 32.1. The molecule has 2 N–H and O–H groups in total. The number of benzene rings is 2. The summed E-state index contributed by atoms with van der Waals surface area (Å²) in [6.45, 7) is 0. The van der Waals surface area contributed by atoms with Crippen LogP contribution in [0.15, 0.2) is 79.0 Å². The van der Waals surface area contributed by atoms with Crippen LogP contribution in [0.1, 0.15) is 9.67 Å². The average Bonchev–Trinajstić information content (AvgIpc) is 3.42. The molecule has 0 radical (unpaired) electrons. The molecule has 0 aliphatic carbocycles. The largest absolute Gasteiger partial charge is 0.338 e. The number of fused-ring (bicyclic) bond motifs is 1. The second-order valence-corrected chi connectivity index (χ2v) is 7.74. The third-order valence-corrected chi connectivity index (χ3v) is 5.71. The first-order chi connectivity index (χ1) is 14.7. The Hall–Kier alpha value is -3.84. The van der Waals surface area contributed by atoms with Crippen LogP contribution in [0.25, 0.3) is 33.0 Å². The number of carbonyl (C=O) groups excluding carboxylic acids is 1. The number of anilines is 1. The lowest BCUT2D eigenvalue weighted by molar-refractivity contribution is 0.103. The Morgan fingerprint density at radius 1 is 1.00 bits per heavy atom. The maximum Gasteiger partial charge on any atom is 0.265 e. The summed E-state index contributed by atoms with van der Waals surface area (Å²) in [5.41, 5.74) is 3.71. The Morgan fingerprint density at radius 3 is 2.67 bits per heavy atom. The van der Waals surface area contributed by atoms with Crippen LogP contribution in [-0.4, -0.2) is 20.9 Å². The summed E-state index contributed by atoms with van der Waals surface area (Å²) in [5, 5.41) is 2.91. The Bertz CT molecular complexity index is 1340. The number of imidazole rings is 1. The number of H-pyrrole nitrogens is 1. The van der Waals surface area contributed by atoms with Gasteiger partial charge in [-0.2, -0.15) is 0 Å². The van der Waals surface area contributed by atoms with Gasteiger partial charge < -0.3 is 10.3 Å². The van der Waals surface area contributed by atoms with E-state index in [4.69, 9.17) is 0 Å². The van der Waals surface area contributed by atoms with Crippen LogP contribution >= 0.6 is 11.3 Å². The molecule has 0 aliphatic rings. The molecule has 0 saturated carbocycles. The van der Waals surface area contributed by atoms with E-state index in [0.717, 1.165) is 16.1 Å². The SMILES string of the molecule is O=C(Nc1ccc(-c2nc3ccc(F)cc3[nH]2)cc1)c1ccc(-c2ccccn2)s1. The van der Waals surface area contributed by atoms with Crippen LogP contribution in [-0.2, 0) is 0 Å². The number of amides is 1. The molecular formula is C23H15FN4OS. The molecule has 0 spiro atoms. The van der Waals surface area contributed by atoms with Crippen molar-refractivity contribution >= 4 is 34.0 Å². The summed E-state index contributed by atoms with van der Waals surface area (Å²) in [6, 6.07) is 21.2. The molecule has 2 aromatic carbocycles. The topological polar surface area (TPSA) is 70.7 Å². The van der Waals surface area contributed by atoms with Crippen molar-refractivity contribution in [3.8, 4) is 22.0 Å². The maximum atomic E-state index is 13.4. The molecule has 3 aromatic heterocycles. The van der Waals surface area contributed by atoms with Gasteiger partial charge in [0, 0.05) is 17.4 Å². The fourth-order valence-electron chi connectivity index (χ4n) is 3.13. The highest BCUT2D eigenvalue weighted by Gasteiger charge is 2.12. The van der Waals surface area contributed by atoms with Gasteiger partial charge in [-0.15, -0.1) is 11.3 Å². The van der Waals surface area contributed by atoms with Crippen molar-refractivity contribution in [2.75, 3.05) is 5.32 Å². The molecule has 1 amide bonds. The average molecular weight is 414 g/mol. The third kappa shape index (κ3) is 3.58. The Labute approximate surface area is 175 Å². The van der Waals surface area contributed by atoms with E-state index in [1.54, 1.807) is 18.3 Å². The van der Waals surface area contributed by atoms with Crippen molar-refractivity contribution in [1.29, 1.82) is 0 Å². The van der Waals surface area contributed by atoms with Crippen LogP contribution in [0.4, 0.5) is 10.1 Å². The first-order valence-electron chi connectivity index (χ1n) is 9.24. The lowest BCUT2D eigenvalue weighted by Crippen LogP contribution is -2.09. The number of carbonyl (C=O) groups is 1. The zero-order valence-corrected chi connectivity index (χ0v) is 16.4. The number of hydrogen-bond acceptors (Lipinski definition) is 4. The number of rotatable bonds is 4. The molecule has 5 rings (SSSR count). The third-order valence-electron chi connectivity index (χ3n) is 4.61. The number of hydrogen-bond donors (Lipinski definition) is 2. The molecule has 0 atom stereocenters. The van der Waals surface area contributed by atoms with Crippen molar-refractivity contribution in [2.45, 2.75) is 0 Å².